The van der Waals surface area contributed by atoms with Gasteiger partial charge in [-0.2, -0.15) is 13.2 Å². The zero-order valence-electron chi connectivity index (χ0n) is 11.0. The second-order valence-corrected chi connectivity index (χ2v) is 4.51. The highest BCUT2D eigenvalue weighted by Gasteiger charge is 2.32. The third-order valence-corrected chi connectivity index (χ3v) is 2.93. The average molecular weight is 298 g/mol. The maximum Gasteiger partial charge on any atom is 0.433 e. The standard InChI is InChI=1S/C14H13F3N2O2/c1-8(13-10(20)3-2-4-11(13)21)19-9-5-6-12(18-7-9)14(15,16)17/h2-8,19-21H,1H3. The summed E-state index contributed by atoms with van der Waals surface area (Å²) in [6.07, 6.45) is -3.43. The molecule has 1 unspecified atom stereocenters. The number of phenolic OH excluding ortho intramolecular Hbond substituents is 2. The monoisotopic (exact) mass is 298 g/mol. The summed E-state index contributed by atoms with van der Waals surface area (Å²) in [4.78, 5) is 3.33. The van der Waals surface area contributed by atoms with Crippen molar-refractivity contribution in [3.05, 3.63) is 47.8 Å². The Labute approximate surface area is 118 Å². The fourth-order valence-corrected chi connectivity index (χ4v) is 1.95. The van der Waals surface area contributed by atoms with Crippen LogP contribution in [0.25, 0.3) is 0 Å². The van der Waals surface area contributed by atoms with Crippen molar-refractivity contribution < 1.29 is 23.4 Å². The summed E-state index contributed by atoms with van der Waals surface area (Å²) >= 11 is 0. The van der Waals surface area contributed by atoms with Crippen LogP contribution in [0, 0.1) is 0 Å². The minimum Gasteiger partial charge on any atom is -0.507 e. The van der Waals surface area contributed by atoms with Gasteiger partial charge < -0.3 is 15.5 Å². The van der Waals surface area contributed by atoms with E-state index in [2.05, 4.69) is 10.3 Å². The van der Waals surface area contributed by atoms with E-state index < -0.39 is 17.9 Å². The van der Waals surface area contributed by atoms with Crippen molar-refractivity contribution in [3.63, 3.8) is 0 Å². The van der Waals surface area contributed by atoms with Gasteiger partial charge in [-0.15, -0.1) is 0 Å². The summed E-state index contributed by atoms with van der Waals surface area (Å²) in [5, 5.41) is 22.3. The fourth-order valence-electron chi connectivity index (χ4n) is 1.95. The number of nitrogens with zero attached hydrogens (tertiary/aromatic N) is 1. The molecule has 0 radical (unpaired) electrons. The molecule has 0 amide bonds. The van der Waals surface area contributed by atoms with Gasteiger partial charge in [0, 0.05) is 0 Å². The average Bonchev–Trinajstić information content (AvgIpc) is 2.38. The Bertz CT molecular complexity index is 607. The molecule has 0 saturated heterocycles. The molecular formula is C14H13F3N2O2. The summed E-state index contributed by atoms with van der Waals surface area (Å²) in [6.45, 7) is 1.66. The number of benzene rings is 1. The maximum absolute atomic E-state index is 12.4. The van der Waals surface area contributed by atoms with E-state index in [0.717, 1.165) is 12.3 Å². The minimum absolute atomic E-state index is 0.102. The van der Waals surface area contributed by atoms with Crippen LogP contribution < -0.4 is 5.32 Å². The number of aromatic hydroxyl groups is 2. The Kier molecular flexibility index (Phi) is 3.93. The molecule has 0 spiro atoms. The summed E-state index contributed by atoms with van der Waals surface area (Å²) in [6, 6.07) is 5.91. The number of phenols is 2. The van der Waals surface area contributed by atoms with E-state index in [9.17, 15) is 23.4 Å². The minimum atomic E-state index is -4.49. The number of nitrogens with one attached hydrogen (secondary N) is 1. The van der Waals surface area contributed by atoms with Gasteiger partial charge in [0.1, 0.15) is 17.2 Å². The first kappa shape index (κ1) is 15.0. The van der Waals surface area contributed by atoms with Crippen LogP contribution in [0.4, 0.5) is 18.9 Å². The lowest BCUT2D eigenvalue weighted by Crippen LogP contribution is -2.10. The smallest absolute Gasteiger partial charge is 0.433 e. The number of rotatable bonds is 3. The van der Waals surface area contributed by atoms with E-state index in [1.807, 2.05) is 0 Å². The van der Waals surface area contributed by atoms with Crippen molar-refractivity contribution in [2.24, 2.45) is 0 Å². The van der Waals surface area contributed by atoms with Gasteiger partial charge >= 0.3 is 6.18 Å². The molecule has 21 heavy (non-hydrogen) atoms. The lowest BCUT2D eigenvalue weighted by Gasteiger charge is -2.18. The molecule has 0 aliphatic heterocycles. The van der Waals surface area contributed by atoms with Crippen molar-refractivity contribution in [2.75, 3.05) is 5.32 Å². The van der Waals surface area contributed by atoms with Crippen LogP contribution in [0.15, 0.2) is 36.5 Å². The van der Waals surface area contributed by atoms with Gasteiger partial charge in [-0.05, 0) is 31.2 Å². The molecule has 112 valence electrons. The van der Waals surface area contributed by atoms with Gasteiger partial charge in [0.2, 0.25) is 0 Å². The maximum atomic E-state index is 12.4. The Morgan fingerprint density at radius 1 is 1.10 bits per heavy atom. The third-order valence-electron chi connectivity index (χ3n) is 2.93. The number of hydrogen-bond donors (Lipinski definition) is 3. The number of anilines is 1. The van der Waals surface area contributed by atoms with E-state index in [4.69, 9.17) is 0 Å². The van der Waals surface area contributed by atoms with Crippen LogP contribution in [0.2, 0.25) is 0 Å². The molecule has 2 rings (SSSR count). The Morgan fingerprint density at radius 2 is 1.71 bits per heavy atom. The summed E-state index contributed by atoms with van der Waals surface area (Å²) < 4.78 is 37.2. The molecule has 0 aliphatic rings. The van der Waals surface area contributed by atoms with E-state index in [0.29, 0.717) is 5.69 Å². The summed E-state index contributed by atoms with van der Waals surface area (Å²) in [5.74, 6) is -0.204. The van der Waals surface area contributed by atoms with Crippen molar-refractivity contribution in [3.8, 4) is 11.5 Å². The van der Waals surface area contributed by atoms with Crippen LogP contribution >= 0.6 is 0 Å². The van der Waals surface area contributed by atoms with Crippen molar-refractivity contribution >= 4 is 5.69 Å². The highest BCUT2D eigenvalue weighted by atomic mass is 19.4. The molecule has 1 aromatic carbocycles. The molecule has 0 bridgehead atoms. The highest BCUT2D eigenvalue weighted by Crippen LogP contribution is 2.34. The molecule has 1 aromatic heterocycles. The predicted octanol–water partition coefficient (Wildman–Crippen LogP) is 3.68. The molecule has 0 fully saturated rings. The molecule has 1 atom stereocenters. The number of aromatic nitrogens is 1. The number of alkyl halides is 3. The molecule has 2 aromatic rings. The molecule has 1 heterocycles. The molecule has 7 heteroatoms. The van der Waals surface area contributed by atoms with Gasteiger partial charge in [-0.3, -0.25) is 0 Å². The van der Waals surface area contributed by atoms with Gasteiger partial charge in [0.25, 0.3) is 0 Å². The van der Waals surface area contributed by atoms with Gasteiger partial charge in [-0.25, -0.2) is 4.98 Å². The third kappa shape index (κ3) is 3.36. The lowest BCUT2D eigenvalue weighted by atomic mass is 10.1. The summed E-state index contributed by atoms with van der Waals surface area (Å²) in [7, 11) is 0. The zero-order chi connectivity index (χ0) is 15.6. The molecular weight excluding hydrogens is 285 g/mol. The molecule has 0 aliphatic carbocycles. The van der Waals surface area contributed by atoms with Gasteiger partial charge in [-0.1, -0.05) is 6.07 Å². The van der Waals surface area contributed by atoms with Crippen LogP contribution in [-0.2, 0) is 6.18 Å². The quantitative estimate of drug-likeness (QED) is 0.808. The van der Waals surface area contributed by atoms with Crippen LogP contribution in [0.1, 0.15) is 24.2 Å². The number of pyridine rings is 1. The van der Waals surface area contributed by atoms with Crippen molar-refractivity contribution in [1.82, 2.24) is 4.98 Å². The number of halogens is 3. The van der Waals surface area contributed by atoms with Gasteiger partial charge in [0.15, 0.2) is 0 Å². The predicted molar refractivity (Wildman–Crippen MR) is 71.0 cm³/mol. The Hall–Kier alpha value is -2.44. The van der Waals surface area contributed by atoms with E-state index >= 15 is 0 Å². The first-order valence-corrected chi connectivity index (χ1v) is 6.09. The normalized spacial score (nSPS) is 13.0. The zero-order valence-corrected chi connectivity index (χ0v) is 11.0. The number of hydrogen-bond acceptors (Lipinski definition) is 4. The van der Waals surface area contributed by atoms with E-state index in [-0.39, 0.29) is 17.1 Å². The molecule has 3 N–H and O–H groups in total. The first-order valence-electron chi connectivity index (χ1n) is 6.09. The second-order valence-electron chi connectivity index (χ2n) is 4.51. The van der Waals surface area contributed by atoms with E-state index in [1.54, 1.807) is 6.92 Å². The molecule has 4 nitrogen and oxygen atoms in total. The lowest BCUT2D eigenvalue weighted by molar-refractivity contribution is -0.141. The Morgan fingerprint density at radius 3 is 2.19 bits per heavy atom. The van der Waals surface area contributed by atoms with Crippen molar-refractivity contribution in [2.45, 2.75) is 19.1 Å². The SMILES string of the molecule is CC(Nc1ccc(C(F)(F)F)nc1)c1c(O)cccc1O. The van der Waals surface area contributed by atoms with Crippen LogP contribution in [-0.4, -0.2) is 15.2 Å². The second kappa shape index (κ2) is 5.51. The summed E-state index contributed by atoms with van der Waals surface area (Å²) in [5.41, 5.74) is -0.373. The van der Waals surface area contributed by atoms with Crippen LogP contribution in [0.5, 0.6) is 11.5 Å². The molecule has 0 saturated carbocycles. The van der Waals surface area contributed by atoms with Crippen molar-refractivity contribution in [1.29, 1.82) is 0 Å². The topological polar surface area (TPSA) is 65.4 Å². The largest absolute Gasteiger partial charge is 0.507 e. The fraction of sp³-hybridized carbons (Fsp3) is 0.214. The van der Waals surface area contributed by atoms with Crippen LogP contribution in [0.3, 0.4) is 0 Å². The first-order chi connectivity index (χ1) is 9.79. The van der Waals surface area contributed by atoms with E-state index in [1.165, 1.54) is 24.3 Å². The highest BCUT2D eigenvalue weighted by molar-refractivity contribution is 5.50. The van der Waals surface area contributed by atoms with Gasteiger partial charge in [0.05, 0.1) is 23.5 Å². The Balaban J connectivity index is 2.18.